The van der Waals surface area contributed by atoms with Gasteiger partial charge in [-0.05, 0) is 19.1 Å². The number of fused-ring (bicyclic) bond motifs is 1. The zero-order valence-electron chi connectivity index (χ0n) is 14.0. The van der Waals surface area contributed by atoms with E-state index in [1.165, 1.54) is 4.90 Å². The van der Waals surface area contributed by atoms with E-state index in [1.54, 1.807) is 36.1 Å². The summed E-state index contributed by atoms with van der Waals surface area (Å²) in [6.45, 7) is 2.60. The molecule has 1 aromatic heterocycles. The van der Waals surface area contributed by atoms with Gasteiger partial charge in [0.15, 0.2) is 0 Å². The van der Waals surface area contributed by atoms with Crippen LogP contribution in [0.25, 0.3) is 0 Å². The van der Waals surface area contributed by atoms with E-state index in [-0.39, 0.29) is 12.5 Å². The zero-order valence-corrected chi connectivity index (χ0v) is 14.0. The number of anilines is 1. The number of hydrogen-bond acceptors (Lipinski definition) is 4. The lowest BCUT2D eigenvalue weighted by Gasteiger charge is -2.13. The van der Waals surface area contributed by atoms with E-state index < -0.39 is 17.9 Å². The molecule has 1 aliphatic heterocycles. The molecule has 1 aromatic carbocycles. The van der Waals surface area contributed by atoms with Crippen LogP contribution in [0.2, 0.25) is 0 Å². The maximum absolute atomic E-state index is 12.3. The first-order valence-electron chi connectivity index (χ1n) is 7.92. The fourth-order valence-electron chi connectivity index (χ4n) is 2.77. The highest BCUT2D eigenvalue weighted by molar-refractivity contribution is 6.35. The van der Waals surface area contributed by atoms with Crippen LogP contribution in [0.15, 0.2) is 36.5 Å². The maximum Gasteiger partial charge on any atom is 0.310 e. The van der Waals surface area contributed by atoms with Gasteiger partial charge in [0, 0.05) is 31.0 Å². The lowest BCUT2D eigenvalue weighted by Crippen LogP contribution is -2.44. The third kappa shape index (κ3) is 3.37. The topological polar surface area (TPSA) is 96.3 Å². The Morgan fingerprint density at radius 2 is 1.96 bits per heavy atom. The summed E-state index contributed by atoms with van der Waals surface area (Å²) in [4.78, 5) is 37.8. The predicted molar refractivity (Wildman–Crippen MR) is 90.7 cm³/mol. The number of likely N-dealkylation sites (N-methyl/N-ethyl adjacent to an activating group) is 1. The van der Waals surface area contributed by atoms with E-state index in [4.69, 9.17) is 0 Å². The first kappa shape index (κ1) is 16.7. The Morgan fingerprint density at radius 3 is 2.68 bits per heavy atom. The van der Waals surface area contributed by atoms with E-state index in [0.29, 0.717) is 12.1 Å². The molecule has 8 nitrogen and oxygen atoms in total. The van der Waals surface area contributed by atoms with Gasteiger partial charge in [0.05, 0.1) is 12.2 Å². The molecule has 0 fully saturated rings. The Bertz CT molecular complexity index is 829. The Balaban J connectivity index is 1.56. The van der Waals surface area contributed by atoms with Gasteiger partial charge in [-0.25, -0.2) is 0 Å². The maximum atomic E-state index is 12.3. The molecule has 2 N–H and O–H groups in total. The van der Waals surface area contributed by atoms with Crippen LogP contribution in [0.4, 0.5) is 5.69 Å². The van der Waals surface area contributed by atoms with Crippen LogP contribution in [0, 0.1) is 6.92 Å². The Hall–Kier alpha value is -3.16. The second-order valence-electron chi connectivity index (χ2n) is 5.84. The average molecular weight is 341 g/mol. The normalized spacial score (nSPS) is 15.8. The molecule has 0 aliphatic carbocycles. The molecule has 8 heteroatoms. The summed E-state index contributed by atoms with van der Waals surface area (Å²) in [7, 11) is 1.64. The molecular weight excluding hydrogens is 322 g/mol. The van der Waals surface area contributed by atoms with Crippen molar-refractivity contribution in [1.29, 1.82) is 0 Å². The van der Waals surface area contributed by atoms with Gasteiger partial charge in [-0.15, -0.1) is 0 Å². The van der Waals surface area contributed by atoms with E-state index in [1.807, 2.05) is 19.1 Å². The van der Waals surface area contributed by atoms with Crippen LogP contribution < -0.4 is 15.5 Å². The van der Waals surface area contributed by atoms with Crippen molar-refractivity contribution in [3.63, 3.8) is 0 Å². The predicted octanol–water partition coefficient (Wildman–Crippen LogP) is 0.142. The summed E-state index contributed by atoms with van der Waals surface area (Å²) in [6.07, 6.45) is 1.80. The first-order chi connectivity index (χ1) is 12.0. The van der Waals surface area contributed by atoms with E-state index in [9.17, 15) is 14.4 Å². The zero-order chi connectivity index (χ0) is 18.0. The van der Waals surface area contributed by atoms with Gasteiger partial charge in [0.1, 0.15) is 6.04 Å². The molecule has 0 radical (unpaired) electrons. The largest absolute Gasteiger partial charge is 0.346 e. The molecule has 0 saturated heterocycles. The Labute approximate surface area is 144 Å². The number of rotatable bonds is 4. The van der Waals surface area contributed by atoms with Gasteiger partial charge in [-0.1, -0.05) is 18.2 Å². The van der Waals surface area contributed by atoms with Crippen LogP contribution in [0.1, 0.15) is 17.3 Å². The van der Waals surface area contributed by atoms with Crippen molar-refractivity contribution in [3.05, 3.63) is 47.8 Å². The summed E-state index contributed by atoms with van der Waals surface area (Å²) in [5, 5.41) is 9.22. The van der Waals surface area contributed by atoms with Crippen LogP contribution in [0.5, 0.6) is 0 Å². The van der Waals surface area contributed by atoms with E-state index in [2.05, 4.69) is 15.7 Å². The number of carbonyl (C=O) groups is 3. The van der Waals surface area contributed by atoms with Gasteiger partial charge >= 0.3 is 11.8 Å². The standard InChI is InChI=1S/C17H19N5O3/c1-11-7-9-22(20-11)10-8-18-15(23)16(24)19-14-12-5-3-4-6-13(12)21(2)17(14)25/h3-7,9,14H,8,10H2,1-2H3,(H,18,23)(H,19,24)/t14-/m0/s1. The highest BCUT2D eigenvalue weighted by Crippen LogP contribution is 2.34. The summed E-state index contributed by atoms with van der Waals surface area (Å²) in [6, 6.07) is 8.18. The molecule has 2 heterocycles. The van der Waals surface area contributed by atoms with Gasteiger partial charge in [-0.2, -0.15) is 5.10 Å². The molecule has 0 unspecified atom stereocenters. The lowest BCUT2D eigenvalue weighted by molar-refractivity contribution is -0.140. The second kappa shape index (κ2) is 6.76. The quantitative estimate of drug-likeness (QED) is 0.773. The third-order valence-corrected chi connectivity index (χ3v) is 4.07. The fraction of sp³-hybridized carbons (Fsp3) is 0.294. The summed E-state index contributed by atoms with van der Waals surface area (Å²) >= 11 is 0. The van der Waals surface area contributed by atoms with Crippen molar-refractivity contribution in [2.24, 2.45) is 0 Å². The van der Waals surface area contributed by atoms with Gasteiger partial charge < -0.3 is 15.5 Å². The number of aromatic nitrogens is 2. The van der Waals surface area contributed by atoms with Crippen molar-refractivity contribution in [1.82, 2.24) is 20.4 Å². The summed E-state index contributed by atoms with van der Waals surface area (Å²) < 4.78 is 1.68. The Morgan fingerprint density at radius 1 is 1.20 bits per heavy atom. The van der Waals surface area contributed by atoms with Crippen molar-refractivity contribution < 1.29 is 14.4 Å². The molecule has 3 rings (SSSR count). The molecular formula is C17H19N5O3. The minimum atomic E-state index is -0.840. The van der Waals surface area contributed by atoms with Crippen molar-refractivity contribution in [3.8, 4) is 0 Å². The number of nitrogens with zero attached hydrogens (tertiary/aromatic N) is 3. The van der Waals surface area contributed by atoms with E-state index >= 15 is 0 Å². The number of hydrogen-bond donors (Lipinski definition) is 2. The third-order valence-electron chi connectivity index (χ3n) is 4.07. The molecule has 3 amide bonds. The van der Waals surface area contributed by atoms with Crippen molar-refractivity contribution in [2.45, 2.75) is 19.5 Å². The van der Waals surface area contributed by atoms with Crippen molar-refractivity contribution in [2.75, 3.05) is 18.5 Å². The fourth-order valence-corrected chi connectivity index (χ4v) is 2.77. The summed E-state index contributed by atoms with van der Waals surface area (Å²) in [5.41, 5.74) is 2.29. The molecule has 0 spiro atoms. The van der Waals surface area contributed by atoms with Gasteiger partial charge in [0.25, 0.3) is 5.91 Å². The number of benzene rings is 1. The van der Waals surface area contributed by atoms with Crippen LogP contribution in [0.3, 0.4) is 0 Å². The minimum Gasteiger partial charge on any atom is -0.346 e. The molecule has 0 bridgehead atoms. The number of amides is 3. The molecule has 1 aliphatic rings. The van der Waals surface area contributed by atoms with Crippen LogP contribution in [-0.4, -0.2) is 41.1 Å². The Kier molecular flexibility index (Phi) is 4.51. The van der Waals surface area contributed by atoms with Crippen LogP contribution >= 0.6 is 0 Å². The van der Waals surface area contributed by atoms with Crippen LogP contribution in [-0.2, 0) is 20.9 Å². The first-order valence-corrected chi connectivity index (χ1v) is 7.92. The molecule has 130 valence electrons. The number of aryl methyl sites for hydroxylation is 1. The number of nitrogens with one attached hydrogen (secondary N) is 2. The average Bonchev–Trinajstić information content (AvgIpc) is 3.12. The summed E-state index contributed by atoms with van der Waals surface area (Å²) in [5.74, 6) is -1.88. The number of para-hydroxylation sites is 1. The van der Waals surface area contributed by atoms with Gasteiger partial charge in [-0.3, -0.25) is 19.1 Å². The SMILES string of the molecule is Cc1ccn(CCNC(=O)C(=O)N[C@@H]2C(=O)N(C)c3ccccc32)n1. The molecule has 25 heavy (non-hydrogen) atoms. The highest BCUT2D eigenvalue weighted by Gasteiger charge is 2.36. The highest BCUT2D eigenvalue weighted by atomic mass is 16.2. The molecule has 2 aromatic rings. The number of carbonyl (C=O) groups excluding carboxylic acids is 3. The minimum absolute atomic E-state index is 0.266. The van der Waals surface area contributed by atoms with Gasteiger partial charge in [0.2, 0.25) is 0 Å². The molecule has 1 atom stereocenters. The lowest BCUT2D eigenvalue weighted by atomic mass is 10.1. The smallest absolute Gasteiger partial charge is 0.310 e. The van der Waals surface area contributed by atoms with E-state index in [0.717, 1.165) is 11.4 Å². The molecule has 0 saturated carbocycles. The second-order valence-corrected chi connectivity index (χ2v) is 5.84. The monoisotopic (exact) mass is 341 g/mol. The van der Waals surface area contributed by atoms with Crippen molar-refractivity contribution >= 4 is 23.4 Å².